The topological polar surface area (TPSA) is 69.0 Å². The molecule has 3 aromatic rings. The van der Waals surface area contributed by atoms with Crippen molar-refractivity contribution in [2.45, 2.75) is 13.0 Å². The van der Waals surface area contributed by atoms with E-state index in [0.717, 1.165) is 6.07 Å². The van der Waals surface area contributed by atoms with Gasteiger partial charge in [0.05, 0.1) is 30.2 Å². The molecule has 0 N–H and O–H groups in total. The molecular formula is C22H20FNO5. The number of benzene rings is 2. The molecule has 0 fully saturated rings. The van der Waals surface area contributed by atoms with Gasteiger partial charge in [-0.2, -0.15) is 0 Å². The Morgan fingerprint density at radius 1 is 1.17 bits per heavy atom. The van der Waals surface area contributed by atoms with Gasteiger partial charge < -0.3 is 18.8 Å². The average Bonchev–Trinajstić information content (AvgIpc) is 3.00. The van der Waals surface area contributed by atoms with E-state index in [9.17, 15) is 14.0 Å². The van der Waals surface area contributed by atoms with E-state index in [0.29, 0.717) is 24.5 Å². The quantitative estimate of drug-likeness (QED) is 0.637. The SMILES string of the molecule is CCOc1cccc([C@H]2c3c(oc4ccc(F)cc4c3=O)C(=O)N2CCOC)c1. The summed E-state index contributed by atoms with van der Waals surface area (Å²) in [5.74, 6) is -0.321. The van der Waals surface area contributed by atoms with E-state index < -0.39 is 23.2 Å². The molecule has 6 nitrogen and oxygen atoms in total. The normalized spacial score (nSPS) is 15.8. The van der Waals surface area contributed by atoms with Gasteiger partial charge in [-0.1, -0.05) is 12.1 Å². The molecule has 4 rings (SSSR count). The van der Waals surface area contributed by atoms with Crippen molar-refractivity contribution in [1.29, 1.82) is 0 Å². The van der Waals surface area contributed by atoms with Crippen LogP contribution in [0.25, 0.3) is 11.0 Å². The first-order chi connectivity index (χ1) is 14.0. The van der Waals surface area contributed by atoms with Crippen molar-refractivity contribution >= 4 is 16.9 Å². The molecule has 0 saturated heterocycles. The minimum absolute atomic E-state index is 0.0166. The lowest BCUT2D eigenvalue weighted by atomic mass is 9.98. The smallest absolute Gasteiger partial charge is 0.290 e. The molecule has 7 heteroatoms. The summed E-state index contributed by atoms with van der Waals surface area (Å²) in [5.41, 5.74) is 0.680. The van der Waals surface area contributed by atoms with Crippen LogP contribution in [0.1, 0.15) is 34.6 Å². The number of hydrogen-bond acceptors (Lipinski definition) is 5. The second-order valence-corrected chi connectivity index (χ2v) is 6.71. The Morgan fingerprint density at radius 3 is 2.76 bits per heavy atom. The molecule has 29 heavy (non-hydrogen) atoms. The molecule has 1 aliphatic rings. The lowest BCUT2D eigenvalue weighted by Crippen LogP contribution is -2.32. The minimum Gasteiger partial charge on any atom is -0.494 e. The zero-order valence-corrected chi connectivity index (χ0v) is 16.1. The molecule has 1 aromatic heterocycles. The highest BCUT2D eigenvalue weighted by Crippen LogP contribution is 2.38. The number of methoxy groups -OCH3 is 1. The first-order valence-corrected chi connectivity index (χ1v) is 9.34. The Bertz CT molecular complexity index is 1140. The van der Waals surface area contributed by atoms with Crippen LogP contribution in [-0.2, 0) is 4.74 Å². The van der Waals surface area contributed by atoms with Gasteiger partial charge in [0, 0.05) is 13.7 Å². The van der Waals surface area contributed by atoms with Crippen LogP contribution in [0.3, 0.4) is 0 Å². The molecule has 2 heterocycles. The van der Waals surface area contributed by atoms with Gasteiger partial charge in [0.1, 0.15) is 17.1 Å². The molecule has 0 saturated carbocycles. The van der Waals surface area contributed by atoms with E-state index in [1.807, 2.05) is 19.1 Å². The highest BCUT2D eigenvalue weighted by Gasteiger charge is 2.42. The molecule has 1 aliphatic heterocycles. The second-order valence-electron chi connectivity index (χ2n) is 6.71. The number of hydrogen-bond donors (Lipinski definition) is 0. The van der Waals surface area contributed by atoms with Gasteiger partial charge >= 0.3 is 0 Å². The van der Waals surface area contributed by atoms with Gasteiger partial charge in [0.15, 0.2) is 5.43 Å². The molecule has 0 radical (unpaired) electrons. The van der Waals surface area contributed by atoms with E-state index >= 15 is 0 Å². The molecule has 2 aromatic carbocycles. The minimum atomic E-state index is -0.669. The van der Waals surface area contributed by atoms with Gasteiger partial charge in [-0.15, -0.1) is 0 Å². The van der Waals surface area contributed by atoms with E-state index in [2.05, 4.69) is 0 Å². The summed E-state index contributed by atoms with van der Waals surface area (Å²) < 4.78 is 30.2. The van der Waals surface area contributed by atoms with Gasteiger partial charge in [0.25, 0.3) is 5.91 Å². The fourth-order valence-electron chi connectivity index (χ4n) is 3.70. The maximum atomic E-state index is 13.8. The predicted octanol–water partition coefficient (Wildman–Crippen LogP) is 3.52. The van der Waals surface area contributed by atoms with E-state index in [1.54, 1.807) is 24.1 Å². The summed E-state index contributed by atoms with van der Waals surface area (Å²) in [7, 11) is 1.54. The third-order valence-electron chi connectivity index (χ3n) is 4.95. The lowest BCUT2D eigenvalue weighted by molar-refractivity contribution is 0.0663. The van der Waals surface area contributed by atoms with Crippen LogP contribution in [0.2, 0.25) is 0 Å². The Labute approximate surface area is 166 Å². The Kier molecular flexibility index (Phi) is 5.07. The average molecular weight is 397 g/mol. The van der Waals surface area contributed by atoms with Crippen molar-refractivity contribution < 1.29 is 23.1 Å². The summed E-state index contributed by atoms with van der Waals surface area (Å²) in [6, 6.07) is 10.3. The van der Waals surface area contributed by atoms with Crippen molar-refractivity contribution in [3.05, 3.63) is 75.4 Å². The zero-order valence-electron chi connectivity index (χ0n) is 16.1. The monoisotopic (exact) mass is 397 g/mol. The molecule has 0 bridgehead atoms. The molecule has 0 aliphatic carbocycles. The van der Waals surface area contributed by atoms with Crippen LogP contribution >= 0.6 is 0 Å². The summed E-state index contributed by atoms with van der Waals surface area (Å²) in [5, 5.41) is 0.108. The summed E-state index contributed by atoms with van der Waals surface area (Å²) in [6.07, 6.45) is 0. The Balaban J connectivity index is 1.94. The van der Waals surface area contributed by atoms with E-state index in [1.165, 1.54) is 12.1 Å². The van der Waals surface area contributed by atoms with Crippen LogP contribution in [-0.4, -0.2) is 37.7 Å². The third kappa shape index (κ3) is 3.27. The second kappa shape index (κ2) is 7.67. The van der Waals surface area contributed by atoms with Crippen LogP contribution in [0, 0.1) is 5.82 Å². The number of ether oxygens (including phenoxy) is 2. The van der Waals surface area contributed by atoms with Crippen molar-refractivity contribution in [3.8, 4) is 5.75 Å². The zero-order chi connectivity index (χ0) is 20.5. The molecule has 1 atom stereocenters. The maximum Gasteiger partial charge on any atom is 0.290 e. The van der Waals surface area contributed by atoms with Crippen LogP contribution in [0.5, 0.6) is 5.75 Å². The number of amides is 1. The van der Waals surface area contributed by atoms with Gasteiger partial charge in [0.2, 0.25) is 5.76 Å². The number of fused-ring (bicyclic) bond motifs is 2. The van der Waals surface area contributed by atoms with Gasteiger partial charge in [-0.25, -0.2) is 4.39 Å². The molecule has 0 spiro atoms. The molecule has 150 valence electrons. The number of nitrogens with zero attached hydrogens (tertiary/aromatic N) is 1. The van der Waals surface area contributed by atoms with Crippen LogP contribution < -0.4 is 10.2 Å². The lowest BCUT2D eigenvalue weighted by Gasteiger charge is -2.25. The Morgan fingerprint density at radius 2 is 2.00 bits per heavy atom. The summed E-state index contributed by atoms with van der Waals surface area (Å²) in [6.45, 7) is 2.93. The number of carbonyl (C=O) groups excluding carboxylic acids is 1. The van der Waals surface area contributed by atoms with Gasteiger partial charge in [-0.3, -0.25) is 9.59 Å². The summed E-state index contributed by atoms with van der Waals surface area (Å²) >= 11 is 0. The third-order valence-corrected chi connectivity index (χ3v) is 4.95. The maximum absolute atomic E-state index is 13.8. The molecular weight excluding hydrogens is 377 g/mol. The number of rotatable bonds is 6. The standard InChI is InChI=1S/C22H20FNO5/c1-3-28-15-6-4-5-13(11-15)19-18-20(25)16-12-14(23)7-8-17(16)29-21(18)22(26)24(19)9-10-27-2/h4-8,11-12,19H,3,9-10H2,1-2H3/t19-/m0/s1. The first kappa shape index (κ1) is 19.1. The highest BCUT2D eigenvalue weighted by atomic mass is 19.1. The largest absolute Gasteiger partial charge is 0.494 e. The molecule has 0 unspecified atom stereocenters. The van der Waals surface area contributed by atoms with Crippen molar-refractivity contribution in [2.24, 2.45) is 0 Å². The fourth-order valence-corrected chi connectivity index (χ4v) is 3.70. The van der Waals surface area contributed by atoms with E-state index in [-0.39, 0.29) is 28.8 Å². The molecule has 1 amide bonds. The van der Waals surface area contributed by atoms with Crippen molar-refractivity contribution in [1.82, 2.24) is 4.90 Å². The number of halogens is 1. The summed E-state index contributed by atoms with van der Waals surface area (Å²) in [4.78, 5) is 27.9. The van der Waals surface area contributed by atoms with Crippen LogP contribution in [0.4, 0.5) is 4.39 Å². The Hall–Kier alpha value is -3.19. The predicted molar refractivity (Wildman–Crippen MR) is 105 cm³/mol. The highest BCUT2D eigenvalue weighted by molar-refractivity contribution is 5.99. The number of carbonyl (C=O) groups is 1. The fraction of sp³-hybridized carbons (Fsp3) is 0.273. The van der Waals surface area contributed by atoms with Crippen molar-refractivity contribution in [2.75, 3.05) is 26.9 Å². The first-order valence-electron chi connectivity index (χ1n) is 9.34. The van der Waals surface area contributed by atoms with Crippen molar-refractivity contribution in [3.63, 3.8) is 0 Å². The van der Waals surface area contributed by atoms with E-state index in [4.69, 9.17) is 13.9 Å². The van der Waals surface area contributed by atoms with Gasteiger partial charge in [-0.05, 0) is 42.8 Å². The van der Waals surface area contributed by atoms with Crippen LogP contribution in [0.15, 0.2) is 51.7 Å².